The van der Waals surface area contributed by atoms with Gasteiger partial charge in [0.15, 0.2) is 15.1 Å². The molecule has 0 fully saturated rings. The first-order chi connectivity index (χ1) is 25.5. The molecular formula is C38H26BrF3N4O5S2. The van der Waals surface area contributed by atoms with E-state index in [-0.39, 0.29) is 38.4 Å². The van der Waals surface area contributed by atoms with Crippen molar-refractivity contribution in [2.24, 2.45) is 4.99 Å². The minimum Gasteiger partial charge on any atom is -0.496 e. The summed E-state index contributed by atoms with van der Waals surface area (Å²) in [5.41, 5.74) is 0.720. The molecule has 0 spiro atoms. The summed E-state index contributed by atoms with van der Waals surface area (Å²) in [4.78, 5) is 41.4. The maximum Gasteiger partial charge on any atom is 0.433 e. The highest BCUT2D eigenvalue weighted by molar-refractivity contribution is 9.10. The number of thiazole rings is 1. The summed E-state index contributed by atoms with van der Waals surface area (Å²) in [6.07, 6.45) is -3.18. The molecule has 7 rings (SSSR count). The molecule has 1 aliphatic rings. The Kier molecular flexibility index (Phi) is 10.2. The number of hydrogen-bond acceptors (Lipinski definition) is 10. The van der Waals surface area contributed by atoms with Crippen molar-refractivity contribution in [3.63, 3.8) is 0 Å². The number of rotatable bonds is 9. The Labute approximate surface area is 316 Å². The van der Waals surface area contributed by atoms with Crippen molar-refractivity contribution in [3.8, 4) is 17.0 Å². The average molecular weight is 820 g/mol. The van der Waals surface area contributed by atoms with Gasteiger partial charge >= 0.3 is 12.1 Å². The fraction of sp³-hybridized carbons (Fsp3) is 0.132. The van der Waals surface area contributed by atoms with Crippen molar-refractivity contribution in [3.05, 3.63) is 149 Å². The second kappa shape index (κ2) is 15.0. The Morgan fingerprint density at radius 3 is 2.40 bits per heavy atom. The molecule has 268 valence electrons. The van der Waals surface area contributed by atoms with E-state index in [1.54, 1.807) is 67.6 Å². The summed E-state index contributed by atoms with van der Waals surface area (Å²) >= 11 is 5.43. The highest BCUT2D eigenvalue weighted by Gasteiger charge is 2.37. The number of benzene rings is 3. The van der Waals surface area contributed by atoms with Crippen molar-refractivity contribution in [1.82, 2.24) is 14.5 Å². The molecule has 3 aromatic heterocycles. The van der Waals surface area contributed by atoms with Crippen LogP contribution in [0.2, 0.25) is 0 Å². The van der Waals surface area contributed by atoms with Crippen molar-refractivity contribution in [2.75, 3.05) is 13.7 Å². The van der Waals surface area contributed by atoms with Crippen LogP contribution in [0.15, 0.2) is 132 Å². The first kappa shape index (κ1) is 36.1. The van der Waals surface area contributed by atoms with Gasteiger partial charge in [0, 0.05) is 27.2 Å². The first-order valence-corrected chi connectivity index (χ1v) is 18.4. The fourth-order valence-corrected chi connectivity index (χ4v) is 7.81. The molecule has 0 unspecified atom stereocenters. The number of methoxy groups -OCH3 is 1. The van der Waals surface area contributed by atoms with Crippen LogP contribution in [0.4, 0.5) is 13.2 Å². The monoisotopic (exact) mass is 818 g/mol. The highest BCUT2D eigenvalue weighted by atomic mass is 79.9. The predicted octanol–water partition coefficient (Wildman–Crippen LogP) is 7.93. The van der Waals surface area contributed by atoms with Crippen molar-refractivity contribution in [1.29, 1.82) is 0 Å². The molecule has 0 bridgehead atoms. The zero-order valence-electron chi connectivity index (χ0n) is 27.8. The summed E-state index contributed by atoms with van der Waals surface area (Å²) in [6.45, 7) is 1.79. The molecule has 0 saturated carbocycles. The van der Waals surface area contributed by atoms with Crippen LogP contribution in [0, 0.1) is 0 Å². The summed E-state index contributed by atoms with van der Waals surface area (Å²) < 4.78 is 61.0. The van der Waals surface area contributed by atoms with E-state index in [0.29, 0.717) is 37.4 Å². The molecule has 53 heavy (non-hydrogen) atoms. The first-order valence-electron chi connectivity index (χ1n) is 16.0. The number of halogens is 4. The van der Waals surface area contributed by atoms with Gasteiger partial charge in [0.25, 0.3) is 5.56 Å². The summed E-state index contributed by atoms with van der Waals surface area (Å²) in [5.74, 6) is 0.0395. The van der Waals surface area contributed by atoms with E-state index in [2.05, 4.69) is 25.9 Å². The molecule has 0 N–H and O–H groups in total. The number of carbonyl (C=O) groups is 1. The van der Waals surface area contributed by atoms with E-state index < -0.39 is 29.4 Å². The number of alkyl halides is 3. The van der Waals surface area contributed by atoms with Gasteiger partial charge in [-0.25, -0.2) is 19.8 Å². The van der Waals surface area contributed by atoms with Gasteiger partial charge in [0.2, 0.25) is 0 Å². The Hall–Kier alpha value is -5.25. The zero-order chi connectivity index (χ0) is 37.3. The summed E-state index contributed by atoms with van der Waals surface area (Å²) in [5, 5.41) is 0.0388. The van der Waals surface area contributed by atoms with E-state index in [1.807, 2.05) is 30.3 Å². The van der Waals surface area contributed by atoms with Gasteiger partial charge in [-0.05, 0) is 55.1 Å². The minimum atomic E-state index is -4.70. The van der Waals surface area contributed by atoms with Crippen LogP contribution in [-0.2, 0) is 15.7 Å². The minimum absolute atomic E-state index is 0.0924. The quantitative estimate of drug-likeness (QED) is 0.107. The number of ether oxygens (including phenoxy) is 2. The van der Waals surface area contributed by atoms with Crippen LogP contribution in [0.5, 0.6) is 5.75 Å². The lowest BCUT2D eigenvalue weighted by Gasteiger charge is -2.27. The number of hydrogen-bond donors (Lipinski definition) is 0. The van der Waals surface area contributed by atoms with E-state index >= 15 is 0 Å². The maximum absolute atomic E-state index is 14.3. The maximum atomic E-state index is 14.3. The molecular weight excluding hydrogens is 793 g/mol. The lowest BCUT2D eigenvalue weighted by molar-refractivity contribution is -0.141. The number of nitrogens with zero attached hydrogens (tertiary/aromatic N) is 4. The van der Waals surface area contributed by atoms with Crippen LogP contribution < -0.4 is 19.6 Å². The fourth-order valence-electron chi connectivity index (χ4n) is 5.71. The van der Waals surface area contributed by atoms with Crippen LogP contribution >= 0.6 is 39.0 Å². The Morgan fingerprint density at radius 1 is 1.00 bits per heavy atom. The van der Waals surface area contributed by atoms with Crippen LogP contribution in [0.3, 0.4) is 0 Å². The van der Waals surface area contributed by atoms with Gasteiger partial charge in [-0.3, -0.25) is 9.36 Å². The molecule has 15 heteroatoms. The summed E-state index contributed by atoms with van der Waals surface area (Å²) in [7, 11) is 1.50. The van der Waals surface area contributed by atoms with Crippen LogP contribution in [0.25, 0.3) is 23.0 Å². The second-order valence-corrected chi connectivity index (χ2v) is 14.3. The molecule has 9 nitrogen and oxygen atoms in total. The third-order valence-electron chi connectivity index (χ3n) is 7.99. The standard InChI is InChI=1S/C38H26BrF3N4O5S2/c1-3-50-35(48)31-32(22-12-8-5-9-13-22)45-37-46(33(31)25-18-23(39)14-16-27(25)49-2)34(47)28(52-37)19-24-15-17-30(51-24)53-36-43-26(21-10-6-4-7-11-21)20-29(44-36)38(40,41)42/h4-20,33H,3H2,1-2H3/b28-19-/t33-/m1/s1. The van der Waals surface area contributed by atoms with Crippen molar-refractivity contribution < 1.29 is 31.9 Å². The van der Waals surface area contributed by atoms with Gasteiger partial charge in [-0.15, -0.1) is 0 Å². The van der Waals surface area contributed by atoms with Crippen molar-refractivity contribution >= 4 is 56.8 Å². The molecule has 1 aliphatic heterocycles. The molecule has 0 radical (unpaired) electrons. The molecule has 4 heterocycles. The topological polar surface area (TPSA) is 109 Å². The van der Waals surface area contributed by atoms with Crippen molar-refractivity contribution in [2.45, 2.75) is 29.4 Å². The SMILES string of the molecule is CCOC(=O)C1=C(c2ccccc2)N=c2s/c(=C\c3ccc(Sc4nc(-c5ccccc5)cc(C(F)(F)F)n4)o3)c(=O)n2[C@@H]1c1cc(Br)ccc1OC. The van der Waals surface area contributed by atoms with Gasteiger partial charge in [0.1, 0.15) is 23.2 Å². The van der Waals surface area contributed by atoms with Crippen LogP contribution in [-0.4, -0.2) is 34.2 Å². The number of esters is 1. The van der Waals surface area contributed by atoms with E-state index in [1.165, 1.54) is 17.8 Å². The number of fused-ring (bicyclic) bond motifs is 1. The summed E-state index contributed by atoms with van der Waals surface area (Å²) in [6, 6.07) is 26.0. The zero-order valence-corrected chi connectivity index (χ0v) is 31.0. The van der Waals surface area contributed by atoms with Gasteiger partial charge in [-0.1, -0.05) is 87.9 Å². The third kappa shape index (κ3) is 7.50. The third-order valence-corrected chi connectivity index (χ3v) is 10.3. The van der Waals surface area contributed by atoms with Gasteiger partial charge in [-0.2, -0.15) is 13.2 Å². The number of carbonyl (C=O) groups excluding carboxylic acids is 1. The normalized spacial score (nSPS) is 14.5. The predicted molar refractivity (Wildman–Crippen MR) is 197 cm³/mol. The van der Waals surface area contributed by atoms with Gasteiger partial charge in [0.05, 0.1) is 35.2 Å². The smallest absolute Gasteiger partial charge is 0.433 e. The Balaban J connectivity index is 1.34. The largest absolute Gasteiger partial charge is 0.496 e. The van der Waals surface area contributed by atoms with Crippen LogP contribution in [0.1, 0.15) is 35.5 Å². The lowest BCUT2D eigenvalue weighted by atomic mass is 9.92. The molecule has 0 aliphatic carbocycles. The van der Waals surface area contributed by atoms with E-state index in [0.717, 1.165) is 29.2 Å². The van der Waals surface area contributed by atoms with Gasteiger partial charge < -0.3 is 13.9 Å². The number of aromatic nitrogens is 3. The molecule has 1 atom stereocenters. The molecule has 0 amide bonds. The van der Waals surface area contributed by atoms with E-state index in [4.69, 9.17) is 18.9 Å². The Morgan fingerprint density at radius 2 is 1.72 bits per heavy atom. The molecule has 6 aromatic rings. The average Bonchev–Trinajstić information content (AvgIpc) is 3.73. The molecule has 3 aromatic carbocycles. The Bertz CT molecular complexity index is 2550. The second-order valence-electron chi connectivity index (χ2n) is 11.4. The lowest BCUT2D eigenvalue weighted by Crippen LogP contribution is -2.40. The molecule has 0 saturated heterocycles. The number of furan rings is 1. The van der Waals surface area contributed by atoms with E-state index in [9.17, 15) is 22.8 Å². The highest BCUT2D eigenvalue weighted by Crippen LogP contribution is 2.40.